The van der Waals surface area contributed by atoms with Crippen molar-refractivity contribution in [2.75, 3.05) is 12.5 Å². The summed E-state index contributed by atoms with van der Waals surface area (Å²) in [5.41, 5.74) is 5.39. The molecule has 0 saturated heterocycles. The van der Waals surface area contributed by atoms with Crippen LogP contribution in [0.25, 0.3) is 0 Å². The lowest BCUT2D eigenvalue weighted by atomic mass is 10.3. The van der Waals surface area contributed by atoms with Crippen molar-refractivity contribution in [3.05, 3.63) is 0 Å². The number of hydrogen-bond donors (Lipinski definition) is 1. The van der Waals surface area contributed by atoms with E-state index in [0.717, 1.165) is 6.42 Å². The second kappa shape index (κ2) is 3.47. The van der Waals surface area contributed by atoms with Crippen LogP contribution in [-0.4, -0.2) is 18.5 Å². The van der Waals surface area contributed by atoms with Gasteiger partial charge in [-0.25, -0.2) is 0 Å². The van der Waals surface area contributed by atoms with Gasteiger partial charge in [0.05, 0.1) is 0 Å². The van der Waals surface area contributed by atoms with E-state index in [1.807, 2.05) is 0 Å². The van der Waals surface area contributed by atoms with Crippen LogP contribution in [-0.2, 0) is 4.52 Å². The molecule has 0 bridgehead atoms. The van der Waals surface area contributed by atoms with Crippen LogP contribution in [0.4, 0.5) is 0 Å². The van der Waals surface area contributed by atoms with Gasteiger partial charge >= 0.3 is 8.09 Å². The highest BCUT2D eigenvalue weighted by Gasteiger charge is 2.25. The van der Waals surface area contributed by atoms with Crippen molar-refractivity contribution in [1.82, 2.24) is 0 Å². The summed E-state index contributed by atoms with van der Waals surface area (Å²) in [5, 5.41) is 0. The predicted molar refractivity (Wildman–Crippen MR) is 38.6 cm³/mol. The molecule has 0 aromatic rings. The minimum Gasteiger partial charge on any atom is -0.143 e. The second-order valence-electron chi connectivity index (χ2n) is 1.85. The Morgan fingerprint density at radius 1 is 1.89 bits per heavy atom. The van der Waals surface area contributed by atoms with Crippen molar-refractivity contribution in [3.63, 3.8) is 0 Å². The van der Waals surface area contributed by atoms with Crippen molar-refractivity contribution < 1.29 is 4.52 Å². The third-order valence-electron chi connectivity index (χ3n) is 1.12. The van der Waals surface area contributed by atoms with Crippen molar-refractivity contribution in [2.45, 2.75) is 12.5 Å². The van der Waals surface area contributed by atoms with Crippen LogP contribution in [0.15, 0.2) is 4.74 Å². The first-order valence-electron chi connectivity index (χ1n) is 2.77. The lowest BCUT2D eigenvalue weighted by molar-refractivity contribution is 0.351. The topological polar surface area (TPSA) is 47.6 Å². The van der Waals surface area contributed by atoms with Crippen LogP contribution in [0.3, 0.4) is 0 Å². The Morgan fingerprint density at radius 3 is 3.11 bits per heavy atom. The van der Waals surface area contributed by atoms with Crippen molar-refractivity contribution in [3.8, 4) is 0 Å². The van der Waals surface area contributed by atoms with Gasteiger partial charge in [-0.2, -0.15) is 0 Å². The van der Waals surface area contributed by atoms with E-state index in [1.165, 1.54) is 0 Å². The van der Waals surface area contributed by atoms with E-state index < -0.39 is 8.09 Å². The maximum Gasteiger partial charge on any atom is 0.472 e. The molecule has 3 nitrogen and oxygen atoms in total. The summed E-state index contributed by atoms with van der Waals surface area (Å²) in [6.45, 7) is 0.662. The molecule has 0 fully saturated rings. The van der Waals surface area contributed by atoms with Gasteiger partial charge in [-0.1, -0.05) is 4.74 Å². The zero-order valence-electron chi connectivity index (χ0n) is 4.96. The van der Waals surface area contributed by atoms with E-state index in [-0.39, 0.29) is 6.04 Å². The average Bonchev–Trinajstić information content (AvgIpc) is 2.17. The monoisotopic (exact) mass is 167 g/mol. The number of alkyl halides is 1. The first-order chi connectivity index (χ1) is 4.33. The molecule has 2 unspecified atom stereocenters. The SMILES string of the molecule is N[P+]1=NC(CCCl)CO1. The third-order valence-corrected chi connectivity index (χ3v) is 2.30. The summed E-state index contributed by atoms with van der Waals surface area (Å²) in [6.07, 6.45) is 0.886. The zero-order valence-corrected chi connectivity index (χ0v) is 6.61. The number of nitrogens with two attached hydrogens (primary N) is 1. The Hall–Kier alpha value is 0.310. The summed E-state index contributed by atoms with van der Waals surface area (Å²) in [7, 11) is -0.950. The third kappa shape index (κ3) is 2.18. The number of hydrogen-bond acceptors (Lipinski definition) is 3. The zero-order chi connectivity index (χ0) is 6.69. The molecule has 1 heterocycles. The molecule has 52 valence electrons. The Labute approximate surface area is 60.1 Å². The highest BCUT2D eigenvalue weighted by molar-refractivity contribution is 7.39. The molecule has 0 aliphatic carbocycles. The van der Waals surface area contributed by atoms with Crippen LogP contribution in [0, 0.1) is 0 Å². The van der Waals surface area contributed by atoms with Gasteiger partial charge < -0.3 is 0 Å². The molecule has 0 aromatic heterocycles. The summed E-state index contributed by atoms with van der Waals surface area (Å²) < 4.78 is 9.15. The molecule has 0 radical (unpaired) electrons. The van der Waals surface area contributed by atoms with Crippen LogP contribution < -0.4 is 5.50 Å². The van der Waals surface area contributed by atoms with Crippen LogP contribution in [0.5, 0.6) is 0 Å². The fourth-order valence-corrected chi connectivity index (χ4v) is 1.80. The maximum atomic E-state index is 5.48. The average molecular weight is 168 g/mol. The van der Waals surface area contributed by atoms with Crippen molar-refractivity contribution in [1.29, 1.82) is 0 Å². The largest absolute Gasteiger partial charge is 0.472 e. The molecule has 1 aliphatic rings. The van der Waals surface area contributed by atoms with E-state index in [0.29, 0.717) is 12.5 Å². The molecular weight excluding hydrogens is 158 g/mol. The molecule has 1 rings (SSSR count). The summed E-state index contributed by atoms with van der Waals surface area (Å²) >= 11 is 5.48. The highest BCUT2D eigenvalue weighted by atomic mass is 35.5. The van der Waals surface area contributed by atoms with Gasteiger partial charge in [-0.15, -0.1) is 21.6 Å². The first kappa shape index (κ1) is 7.42. The smallest absolute Gasteiger partial charge is 0.143 e. The molecule has 0 aromatic carbocycles. The molecule has 0 saturated carbocycles. The van der Waals surface area contributed by atoms with Crippen LogP contribution in [0.2, 0.25) is 0 Å². The molecular formula is C4H9ClN2OP+. The van der Waals surface area contributed by atoms with E-state index in [9.17, 15) is 0 Å². The van der Waals surface area contributed by atoms with Gasteiger partial charge in [0.25, 0.3) is 0 Å². The van der Waals surface area contributed by atoms with E-state index in [1.54, 1.807) is 0 Å². The molecule has 2 N–H and O–H groups in total. The van der Waals surface area contributed by atoms with E-state index in [2.05, 4.69) is 4.74 Å². The molecule has 0 spiro atoms. The summed E-state index contributed by atoms with van der Waals surface area (Å²) in [6, 6.07) is 0.263. The quantitative estimate of drug-likeness (QED) is 0.500. The van der Waals surface area contributed by atoms with Crippen LogP contribution in [0.1, 0.15) is 6.42 Å². The normalized spacial score (nSPS) is 30.4. The molecule has 0 amide bonds. The second-order valence-corrected chi connectivity index (χ2v) is 3.32. The van der Waals surface area contributed by atoms with E-state index in [4.69, 9.17) is 21.6 Å². The Morgan fingerprint density at radius 2 is 2.67 bits per heavy atom. The fraction of sp³-hybridized carbons (Fsp3) is 1.00. The molecule has 5 heteroatoms. The van der Waals surface area contributed by atoms with Crippen molar-refractivity contribution in [2.24, 2.45) is 10.2 Å². The van der Waals surface area contributed by atoms with Crippen molar-refractivity contribution >= 4 is 19.7 Å². The maximum absolute atomic E-state index is 5.48. The Kier molecular flexibility index (Phi) is 2.86. The van der Waals surface area contributed by atoms with Gasteiger partial charge in [-0.3, -0.25) is 0 Å². The fourth-order valence-electron chi connectivity index (χ4n) is 0.657. The Bertz CT molecular complexity index is 130. The van der Waals surface area contributed by atoms with Gasteiger partial charge in [0.2, 0.25) is 0 Å². The minimum atomic E-state index is -0.950. The lowest BCUT2D eigenvalue weighted by Crippen LogP contribution is -2.05. The number of halogens is 1. The standard InChI is InChI=1S/C4H9ClN2OP/c5-2-1-4-3-8-9(6)7-4/h4H,1-3H2,(H2,6,7)/q+1. The number of rotatable bonds is 2. The highest BCUT2D eigenvalue weighted by Crippen LogP contribution is 2.27. The van der Waals surface area contributed by atoms with Gasteiger partial charge in [0.15, 0.2) is 0 Å². The first-order valence-corrected chi connectivity index (χ1v) is 4.59. The van der Waals surface area contributed by atoms with Gasteiger partial charge in [0.1, 0.15) is 12.6 Å². The summed E-state index contributed by atoms with van der Waals surface area (Å²) in [4.78, 5) is 0. The van der Waals surface area contributed by atoms with Gasteiger partial charge in [-0.05, 0) is 6.42 Å². The number of nitrogens with zero attached hydrogens (tertiary/aromatic N) is 1. The Balaban J connectivity index is 2.29. The minimum absolute atomic E-state index is 0.263. The molecule has 9 heavy (non-hydrogen) atoms. The predicted octanol–water partition coefficient (Wildman–Crippen LogP) is 1.47. The summed E-state index contributed by atoms with van der Waals surface area (Å²) in [5.74, 6) is 0.640. The molecule has 1 aliphatic heterocycles. The molecule has 2 atom stereocenters. The van der Waals surface area contributed by atoms with E-state index >= 15 is 0 Å². The van der Waals surface area contributed by atoms with Crippen LogP contribution >= 0.6 is 19.7 Å². The van der Waals surface area contributed by atoms with Gasteiger partial charge in [0, 0.05) is 5.88 Å². The lowest BCUT2D eigenvalue weighted by Gasteiger charge is -1.92.